The fraction of sp³-hybridized carbons (Fsp3) is 0.222. The lowest BCUT2D eigenvalue weighted by Gasteiger charge is -2.06. The van der Waals surface area contributed by atoms with E-state index in [1.54, 1.807) is 24.3 Å². The zero-order chi connectivity index (χ0) is 12.0. The lowest BCUT2D eigenvalue weighted by atomic mass is 10.3. The molecule has 1 unspecified atom stereocenters. The van der Waals surface area contributed by atoms with Gasteiger partial charge in [0, 0.05) is 12.6 Å². The van der Waals surface area contributed by atoms with Crippen molar-refractivity contribution in [2.45, 2.75) is 6.92 Å². The number of amides is 1. The van der Waals surface area contributed by atoms with Crippen LogP contribution in [0.2, 0.25) is 0 Å². The minimum Gasteiger partial charge on any atom is -0.467 e. The first kappa shape index (κ1) is 12.7. The Kier molecular flexibility index (Phi) is 4.98. The van der Waals surface area contributed by atoms with Crippen LogP contribution in [0.3, 0.4) is 0 Å². The first-order valence-electron chi connectivity index (χ1n) is 4.44. The van der Waals surface area contributed by atoms with E-state index < -0.39 is 8.25 Å². The highest BCUT2D eigenvalue weighted by Crippen LogP contribution is 2.18. The lowest BCUT2D eigenvalue weighted by molar-refractivity contribution is -0.114. The molecule has 1 amide bonds. The van der Waals surface area contributed by atoms with Gasteiger partial charge in [-0.1, -0.05) is 0 Å². The topological polar surface area (TPSA) is 84.9 Å². The quantitative estimate of drug-likeness (QED) is 0.604. The molecule has 1 atom stereocenters. The van der Waals surface area contributed by atoms with Gasteiger partial charge < -0.3 is 14.9 Å². The van der Waals surface area contributed by atoms with Crippen LogP contribution in [-0.2, 0) is 13.9 Å². The smallest absolute Gasteiger partial charge is 0.319 e. The second kappa shape index (κ2) is 6.27. The predicted octanol–water partition coefficient (Wildman–Crippen LogP) is 1.38. The molecule has 0 aliphatic heterocycles. The summed E-state index contributed by atoms with van der Waals surface area (Å²) in [4.78, 5) is 19.1. The largest absolute Gasteiger partial charge is 0.467 e. The van der Waals surface area contributed by atoms with Gasteiger partial charge in [-0.2, -0.15) is 0 Å². The summed E-state index contributed by atoms with van der Waals surface area (Å²) in [6.45, 7) is 1.13. The second-order valence-corrected chi connectivity index (χ2v) is 3.70. The average Bonchev–Trinajstić information content (AvgIpc) is 2.19. The molecule has 0 aliphatic carbocycles. The summed E-state index contributed by atoms with van der Waals surface area (Å²) in [7, 11) is -2.96. The molecule has 1 rings (SSSR count). The molecule has 2 N–H and O–H groups in total. The molecule has 0 fully saturated rings. The van der Waals surface area contributed by atoms with Crippen molar-refractivity contribution in [2.75, 3.05) is 12.1 Å². The number of benzene rings is 1. The summed E-state index contributed by atoms with van der Waals surface area (Å²) in [5.74, 6) is 0.327. The summed E-state index contributed by atoms with van der Waals surface area (Å²) in [6.07, 6.45) is 0. The molecule has 0 saturated heterocycles. The Hall–Kier alpha value is -1.36. The Morgan fingerprint density at radius 2 is 2.06 bits per heavy atom. The molecule has 0 aromatic heterocycles. The zero-order valence-electron chi connectivity index (χ0n) is 8.60. The molecule has 1 aromatic carbocycles. The zero-order valence-corrected chi connectivity index (χ0v) is 9.60. The summed E-state index contributed by atoms with van der Waals surface area (Å²) in [5, 5.41) is 2.60. The molecular formula is C9H12NO5P. The Morgan fingerprint density at radius 1 is 1.44 bits per heavy atom. The maximum Gasteiger partial charge on any atom is 0.319 e. The SMILES string of the molecule is CC(=O)Nc1ccc(OCO[PH](=O)O)cc1. The minimum absolute atomic E-state index is 0.157. The lowest BCUT2D eigenvalue weighted by Crippen LogP contribution is -2.05. The van der Waals surface area contributed by atoms with E-state index in [-0.39, 0.29) is 12.7 Å². The van der Waals surface area contributed by atoms with Crippen LogP contribution in [0.1, 0.15) is 6.92 Å². The van der Waals surface area contributed by atoms with Crippen molar-refractivity contribution in [3.63, 3.8) is 0 Å². The highest BCUT2D eigenvalue weighted by atomic mass is 31.1. The van der Waals surface area contributed by atoms with Crippen LogP contribution in [0.25, 0.3) is 0 Å². The third-order valence-corrected chi connectivity index (χ3v) is 1.95. The van der Waals surface area contributed by atoms with Crippen molar-refractivity contribution in [3.05, 3.63) is 24.3 Å². The fourth-order valence-corrected chi connectivity index (χ4v) is 1.15. The maximum absolute atomic E-state index is 10.7. The molecule has 0 bridgehead atoms. The summed E-state index contributed by atoms with van der Waals surface area (Å²) >= 11 is 0. The molecule has 7 heteroatoms. The first-order chi connectivity index (χ1) is 7.58. The van der Waals surface area contributed by atoms with E-state index in [2.05, 4.69) is 9.84 Å². The molecule has 16 heavy (non-hydrogen) atoms. The van der Waals surface area contributed by atoms with Crippen LogP contribution in [-0.4, -0.2) is 17.6 Å². The van der Waals surface area contributed by atoms with Crippen LogP contribution in [0.5, 0.6) is 5.75 Å². The van der Waals surface area contributed by atoms with Gasteiger partial charge in [0.05, 0.1) is 0 Å². The second-order valence-electron chi connectivity index (χ2n) is 2.88. The molecule has 88 valence electrons. The molecule has 0 saturated carbocycles. The van der Waals surface area contributed by atoms with E-state index in [4.69, 9.17) is 9.63 Å². The molecule has 0 radical (unpaired) electrons. The van der Waals surface area contributed by atoms with E-state index in [0.717, 1.165) is 0 Å². The van der Waals surface area contributed by atoms with Crippen molar-refractivity contribution in [1.82, 2.24) is 0 Å². The van der Waals surface area contributed by atoms with Gasteiger partial charge in [-0.3, -0.25) is 13.9 Å². The number of hydrogen-bond acceptors (Lipinski definition) is 4. The third-order valence-electron chi connectivity index (χ3n) is 1.58. The Labute approximate surface area is 93.1 Å². The summed E-state index contributed by atoms with van der Waals surface area (Å²) in [6, 6.07) is 6.53. The van der Waals surface area contributed by atoms with Crippen LogP contribution < -0.4 is 10.1 Å². The van der Waals surface area contributed by atoms with E-state index in [0.29, 0.717) is 11.4 Å². The van der Waals surface area contributed by atoms with Crippen molar-refractivity contribution >= 4 is 19.8 Å². The monoisotopic (exact) mass is 245 g/mol. The number of rotatable bonds is 5. The van der Waals surface area contributed by atoms with Gasteiger partial charge in [-0.15, -0.1) is 0 Å². The molecule has 0 heterocycles. The van der Waals surface area contributed by atoms with Crippen molar-refractivity contribution in [3.8, 4) is 5.75 Å². The Morgan fingerprint density at radius 3 is 2.56 bits per heavy atom. The van der Waals surface area contributed by atoms with Gasteiger partial charge in [0.2, 0.25) is 5.91 Å². The number of anilines is 1. The van der Waals surface area contributed by atoms with E-state index in [1.807, 2.05) is 0 Å². The van der Waals surface area contributed by atoms with Gasteiger partial charge in [-0.05, 0) is 24.3 Å². The molecule has 1 aromatic rings. The van der Waals surface area contributed by atoms with Crippen LogP contribution in [0, 0.1) is 0 Å². The van der Waals surface area contributed by atoms with Crippen LogP contribution in [0.15, 0.2) is 24.3 Å². The van der Waals surface area contributed by atoms with Gasteiger partial charge in [0.15, 0.2) is 6.79 Å². The number of hydrogen-bond donors (Lipinski definition) is 2. The minimum atomic E-state index is -2.96. The standard InChI is InChI=1S/C9H12NO5P/c1-7(11)10-8-2-4-9(5-3-8)14-6-15-16(12)13/h2-5,16H,6H2,1H3,(H,10,11)(H,12,13). The van der Waals surface area contributed by atoms with E-state index in [1.165, 1.54) is 6.92 Å². The summed E-state index contributed by atoms with van der Waals surface area (Å²) < 4.78 is 19.6. The number of carbonyl (C=O) groups is 1. The van der Waals surface area contributed by atoms with Crippen molar-refractivity contribution in [1.29, 1.82) is 0 Å². The predicted molar refractivity (Wildman–Crippen MR) is 58.5 cm³/mol. The van der Waals surface area contributed by atoms with E-state index in [9.17, 15) is 9.36 Å². The van der Waals surface area contributed by atoms with Crippen LogP contribution in [0.4, 0.5) is 5.69 Å². The molecule has 0 spiro atoms. The van der Waals surface area contributed by atoms with Crippen molar-refractivity contribution < 1.29 is 23.5 Å². The first-order valence-corrected chi connectivity index (χ1v) is 5.70. The molecular weight excluding hydrogens is 233 g/mol. The molecule has 0 aliphatic rings. The Bertz CT molecular complexity index is 378. The average molecular weight is 245 g/mol. The highest BCUT2D eigenvalue weighted by Gasteiger charge is 1.98. The van der Waals surface area contributed by atoms with Gasteiger partial charge >= 0.3 is 8.25 Å². The third kappa shape index (κ3) is 4.93. The molecule has 6 nitrogen and oxygen atoms in total. The fourth-order valence-electron chi connectivity index (χ4n) is 0.986. The maximum atomic E-state index is 10.7. The van der Waals surface area contributed by atoms with Gasteiger partial charge in [0.1, 0.15) is 5.75 Å². The summed E-state index contributed by atoms with van der Waals surface area (Å²) in [5.41, 5.74) is 0.650. The van der Waals surface area contributed by atoms with E-state index >= 15 is 0 Å². The number of nitrogens with one attached hydrogen (secondary N) is 1. The van der Waals surface area contributed by atoms with Crippen LogP contribution >= 0.6 is 8.25 Å². The normalized spacial score (nSPS) is 11.9. The van der Waals surface area contributed by atoms with Crippen molar-refractivity contribution in [2.24, 2.45) is 0 Å². The number of carbonyl (C=O) groups excluding carboxylic acids is 1. The van der Waals surface area contributed by atoms with Gasteiger partial charge in [0.25, 0.3) is 0 Å². The Balaban J connectivity index is 2.45. The number of ether oxygens (including phenoxy) is 1. The highest BCUT2D eigenvalue weighted by molar-refractivity contribution is 7.32. The van der Waals surface area contributed by atoms with Gasteiger partial charge in [-0.25, -0.2) is 0 Å².